The van der Waals surface area contributed by atoms with Gasteiger partial charge in [-0.2, -0.15) is 18.2 Å². The molecule has 1 aliphatic rings. The van der Waals surface area contributed by atoms with Crippen LogP contribution in [0.4, 0.5) is 10.5 Å². The molecule has 1 aromatic carbocycles. The summed E-state index contributed by atoms with van der Waals surface area (Å²) in [6.07, 6.45) is 0.858. The molecule has 2 aromatic heterocycles. The molecule has 0 saturated heterocycles. The topological polar surface area (TPSA) is 108 Å². The second-order valence-corrected chi connectivity index (χ2v) is 10.4. The predicted molar refractivity (Wildman–Crippen MR) is 117 cm³/mol. The normalized spacial score (nSPS) is 13.7. The number of carbonyl (C=O) groups is 1. The number of fused-ring (bicyclic) bond motifs is 2. The van der Waals surface area contributed by atoms with E-state index in [4.69, 9.17) is 16.3 Å². The minimum absolute atomic E-state index is 0. The van der Waals surface area contributed by atoms with Crippen molar-refractivity contribution in [1.82, 2.24) is 19.3 Å². The van der Waals surface area contributed by atoms with Crippen LogP contribution in [0.5, 0.6) is 0 Å². The van der Waals surface area contributed by atoms with Crippen LogP contribution in [0, 0.1) is 0 Å². The van der Waals surface area contributed by atoms with Gasteiger partial charge < -0.3 is 9.30 Å². The number of sulfonamides is 1. The summed E-state index contributed by atoms with van der Waals surface area (Å²) in [6, 6.07) is 4.74. The fourth-order valence-electron chi connectivity index (χ4n) is 2.93. The fourth-order valence-corrected chi connectivity index (χ4v) is 5.75. The summed E-state index contributed by atoms with van der Waals surface area (Å²) in [5.41, 5.74) is 0.161. The van der Waals surface area contributed by atoms with Crippen molar-refractivity contribution < 1.29 is 17.9 Å². The summed E-state index contributed by atoms with van der Waals surface area (Å²) in [7, 11) is -3.94. The number of thioether (sulfide) groups is 1. The fraction of sp³-hybridized carbons (Fsp3) is 0.353. The standard InChI is InChI=1S/C17H18ClN5O4S2.Na.H/c1-17(2,3)27-16(24)23-12-5-4-11(8-10(12)9-19-23)21-29(25,26)14-13(18)20-15-22(14)6-7-28-15;;/h4-5,8-9,21H,6-7H2,1-3H3;;. The first-order valence-corrected chi connectivity index (χ1v) is 11.5. The second-order valence-electron chi connectivity index (χ2n) is 7.41. The van der Waals surface area contributed by atoms with Gasteiger partial charge in [-0.05, 0) is 39.0 Å². The van der Waals surface area contributed by atoms with E-state index in [1.807, 2.05) is 0 Å². The van der Waals surface area contributed by atoms with E-state index in [9.17, 15) is 13.2 Å². The number of rotatable bonds is 3. The van der Waals surface area contributed by atoms with Crippen LogP contribution < -0.4 is 4.72 Å². The first kappa shape index (κ1) is 23.4. The number of aromatic nitrogens is 4. The Hall–Kier alpha value is -1.24. The zero-order valence-corrected chi connectivity index (χ0v) is 18.2. The second kappa shape index (κ2) is 8.36. The van der Waals surface area contributed by atoms with Crippen LogP contribution in [-0.2, 0) is 21.3 Å². The third-order valence-electron chi connectivity index (χ3n) is 4.03. The summed E-state index contributed by atoms with van der Waals surface area (Å²) in [5, 5.41) is 5.11. The molecule has 1 N–H and O–H groups in total. The third-order valence-corrected chi connectivity index (χ3v) is 6.79. The number of benzene rings is 1. The van der Waals surface area contributed by atoms with E-state index in [2.05, 4.69) is 14.8 Å². The van der Waals surface area contributed by atoms with E-state index >= 15 is 0 Å². The zero-order valence-electron chi connectivity index (χ0n) is 15.8. The number of nitrogens with zero attached hydrogens (tertiary/aromatic N) is 4. The van der Waals surface area contributed by atoms with E-state index < -0.39 is 21.7 Å². The van der Waals surface area contributed by atoms with E-state index in [-0.39, 0.29) is 39.7 Å². The Labute approximate surface area is 204 Å². The summed E-state index contributed by atoms with van der Waals surface area (Å²) in [5.74, 6) is 0.748. The van der Waals surface area contributed by atoms with Crippen LogP contribution in [-0.4, -0.2) is 74.8 Å². The number of imidazole rings is 1. The molecule has 30 heavy (non-hydrogen) atoms. The Morgan fingerprint density at radius 1 is 1.33 bits per heavy atom. The number of hydrogen-bond acceptors (Lipinski definition) is 7. The van der Waals surface area contributed by atoms with Gasteiger partial charge in [-0.1, -0.05) is 23.4 Å². The molecular formula is C17H19ClN5NaO4S2. The van der Waals surface area contributed by atoms with Gasteiger partial charge in [0.15, 0.2) is 15.3 Å². The molecule has 3 aromatic rings. The van der Waals surface area contributed by atoms with Gasteiger partial charge in [-0.3, -0.25) is 4.72 Å². The molecule has 0 fully saturated rings. The molecule has 0 bridgehead atoms. The number of carbonyl (C=O) groups excluding carboxylic acids is 1. The third kappa shape index (κ3) is 4.51. The molecule has 4 rings (SSSR count). The molecule has 9 nitrogen and oxygen atoms in total. The molecule has 13 heteroatoms. The van der Waals surface area contributed by atoms with Gasteiger partial charge in [0.2, 0.25) is 0 Å². The molecule has 0 spiro atoms. The van der Waals surface area contributed by atoms with Crippen LogP contribution in [0.3, 0.4) is 0 Å². The van der Waals surface area contributed by atoms with E-state index in [1.165, 1.54) is 18.0 Å². The van der Waals surface area contributed by atoms with Gasteiger partial charge in [0, 0.05) is 23.4 Å². The molecule has 0 saturated carbocycles. The zero-order chi connectivity index (χ0) is 21.0. The number of ether oxygens (including phenoxy) is 1. The number of nitrogens with one attached hydrogen (secondary N) is 1. The number of hydrogen-bond donors (Lipinski definition) is 1. The summed E-state index contributed by atoms with van der Waals surface area (Å²) in [6.45, 7) is 5.82. The SMILES string of the molecule is CC(C)(C)OC(=O)n1ncc2cc(NS(=O)(=O)c3c(Cl)nc4n3CCS4)ccc21.[NaH]. The van der Waals surface area contributed by atoms with E-state index in [0.717, 1.165) is 10.4 Å². The average Bonchev–Trinajstić information content (AvgIpc) is 3.25. The van der Waals surface area contributed by atoms with Gasteiger partial charge in [-0.25, -0.2) is 9.78 Å². The molecule has 0 amide bonds. The maximum atomic E-state index is 12.9. The summed E-state index contributed by atoms with van der Waals surface area (Å²) >= 11 is 7.53. The quantitative estimate of drug-likeness (QED) is 0.575. The molecule has 156 valence electrons. The Morgan fingerprint density at radius 2 is 2.07 bits per heavy atom. The van der Waals surface area contributed by atoms with Gasteiger partial charge in [0.25, 0.3) is 10.0 Å². The Balaban J connectivity index is 0.00000256. The van der Waals surface area contributed by atoms with Crippen molar-refractivity contribution in [2.24, 2.45) is 0 Å². The molecular weight excluding hydrogens is 461 g/mol. The van der Waals surface area contributed by atoms with Crippen molar-refractivity contribution in [3.63, 3.8) is 0 Å². The minimum atomic E-state index is -3.94. The van der Waals surface area contributed by atoms with E-state index in [0.29, 0.717) is 28.3 Å². The van der Waals surface area contributed by atoms with Gasteiger partial charge in [0.1, 0.15) is 5.60 Å². The van der Waals surface area contributed by atoms with Crippen LogP contribution in [0.2, 0.25) is 5.15 Å². The van der Waals surface area contributed by atoms with E-state index in [1.54, 1.807) is 43.5 Å². The molecule has 0 radical (unpaired) electrons. The Bertz CT molecular complexity index is 1230. The van der Waals surface area contributed by atoms with Crippen molar-refractivity contribution in [3.8, 4) is 0 Å². The summed E-state index contributed by atoms with van der Waals surface area (Å²) < 4.78 is 36.4. The van der Waals surface area contributed by atoms with Crippen molar-refractivity contribution in [3.05, 3.63) is 29.5 Å². The Kier molecular flexibility index (Phi) is 6.53. The van der Waals surface area contributed by atoms with Crippen LogP contribution in [0.1, 0.15) is 20.8 Å². The molecule has 0 aliphatic carbocycles. The predicted octanol–water partition coefficient (Wildman–Crippen LogP) is 2.93. The molecule has 1 aliphatic heterocycles. The average molecular weight is 480 g/mol. The monoisotopic (exact) mass is 479 g/mol. The maximum absolute atomic E-state index is 12.9. The number of halogens is 1. The van der Waals surface area contributed by atoms with Crippen molar-refractivity contribution in [2.45, 2.75) is 43.1 Å². The molecule has 0 atom stereocenters. The van der Waals surface area contributed by atoms with Gasteiger partial charge in [0.05, 0.1) is 11.7 Å². The number of anilines is 1. The van der Waals surface area contributed by atoms with Crippen molar-refractivity contribution in [1.29, 1.82) is 0 Å². The van der Waals surface area contributed by atoms with Crippen molar-refractivity contribution >= 4 is 85.6 Å². The van der Waals surface area contributed by atoms with Crippen LogP contribution in [0.15, 0.2) is 34.6 Å². The van der Waals surface area contributed by atoms with Gasteiger partial charge >= 0.3 is 35.7 Å². The molecule has 0 unspecified atom stereocenters. The van der Waals surface area contributed by atoms with Gasteiger partial charge in [-0.15, -0.1) is 0 Å². The molecule has 3 heterocycles. The first-order valence-electron chi connectivity index (χ1n) is 8.68. The first-order chi connectivity index (χ1) is 13.5. The van der Waals surface area contributed by atoms with Crippen LogP contribution in [0.25, 0.3) is 10.9 Å². The van der Waals surface area contributed by atoms with Crippen LogP contribution >= 0.6 is 23.4 Å². The van der Waals surface area contributed by atoms with Crippen molar-refractivity contribution in [2.75, 3.05) is 10.5 Å². The Morgan fingerprint density at radius 3 is 2.77 bits per heavy atom. The summed E-state index contributed by atoms with van der Waals surface area (Å²) in [4.78, 5) is 16.4.